The first-order valence-corrected chi connectivity index (χ1v) is 28.0. The lowest BCUT2D eigenvalue weighted by molar-refractivity contribution is 1.12. The Morgan fingerprint density at radius 3 is 1.14 bits per heavy atom. The number of hydrogen-bond acceptors (Lipinski definition) is 4. The van der Waals surface area contributed by atoms with Crippen LogP contribution in [0, 0.1) is 50.4 Å². The first kappa shape index (κ1) is 45.8. The van der Waals surface area contributed by atoms with Crippen molar-refractivity contribution in [2.24, 2.45) is 0 Å². The van der Waals surface area contributed by atoms with E-state index in [1.807, 2.05) is 6.07 Å². The van der Waals surface area contributed by atoms with Gasteiger partial charge in [0.05, 0.1) is 54.0 Å². The second-order valence-corrected chi connectivity index (χ2v) is 22.9. The molecule has 0 amide bonds. The lowest BCUT2D eigenvalue weighted by Crippen LogP contribution is -2.11. The van der Waals surface area contributed by atoms with Gasteiger partial charge in [-0.1, -0.05) is 158 Å². The van der Waals surface area contributed by atoms with Crippen molar-refractivity contribution in [3.05, 3.63) is 240 Å². The monoisotopic (exact) mass is 1030 g/mol. The summed E-state index contributed by atoms with van der Waals surface area (Å²) in [5.41, 5.74) is 18.3. The lowest BCUT2D eigenvalue weighted by atomic mass is 9.85. The standard InChI is InChI=1S/C72H46N4S2/c1-41-33-57-53-29-31-55-51-25-11-13-27-63(51)77-71(55)69(53)75(61(57)35-43(41)3)67-59(39-73)65(49-23-15-21-47(37-49)45-17-7-5-8-18-45)60(40-74)68(66(67)50-24-16-22-48(38-50)46-19-9-6-10-20-46)76-62-36-44(4)42(2)34-58(62)54-30-32-56-52-26-12-14-28-64(52)78-72(56)70(54)76/h5-38H,1-4H3. The minimum Gasteiger partial charge on any atom is -0.306 e. The van der Waals surface area contributed by atoms with Gasteiger partial charge < -0.3 is 9.13 Å². The molecular formula is C72H46N4S2. The summed E-state index contributed by atoms with van der Waals surface area (Å²) in [5.74, 6) is 0. The van der Waals surface area contributed by atoms with Gasteiger partial charge in [-0.15, -0.1) is 22.7 Å². The fourth-order valence-corrected chi connectivity index (χ4v) is 14.9. The summed E-state index contributed by atoms with van der Waals surface area (Å²) in [5, 5.41) is 34.2. The maximum atomic E-state index is 12.5. The SMILES string of the molecule is Cc1cc2c3ccc4c5ccccc5sc4c3n(-c3c(C#N)c(-c4cccc(-c5ccccc5)c4)c(C#N)c(-n4c5cc(C)c(C)cc5c5ccc6c7ccccc7sc6c54)c3-c3cccc(-c4ccccc4)c3)c2cc1C. The summed E-state index contributed by atoms with van der Waals surface area (Å²) in [6.07, 6.45) is 0. The minimum absolute atomic E-state index is 0.426. The lowest BCUT2D eigenvalue weighted by Gasteiger charge is -2.26. The van der Waals surface area contributed by atoms with E-state index in [0.717, 1.165) is 125 Å². The molecular weight excluding hydrogens is 985 g/mol. The molecule has 11 aromatic carbocycles. The number of benzene rings is 11. The van der Waals surface area contributed by atoms with E-state index >= 15 is 0 Å². The molecule has 15 aromatic rings. The first-order valence-electron chi connectivity index (χ1n) is 26.4. The Hall–Kier alpha value is -9.56. The molecule has 4 heterocycles. The maximum Gasteiger partial charge on any atom is 0.102 e. The molecule has 15 rings (SSSR count). The summed E-state index contributed by atoms with van der Waals surface area (Å²) in [4.78, 5) is 0. The number of thiophene rings is 2. The predicted octanol–water partition coefficient (Wildman–Crippen LogP) is 20.3. The second kappa shape index (κ2) is 17.5. The molecule has 0 saturated carbocycles. The van der Waals surface area contributed by atoms with Gasteiger partial charge in [0.15, 0.2) is 0 Å². The molecule has 0 unspecified atom stereocenters. The van der Waals surface area contributed by atoms with Crippen molar-refractivity contribution in [1.82, 2.24) is 9.13 Å². The van der Waals surface area contributed by atoms with Gasteiger partial charge in [-0.25, -0.2) is 0 Å². The van der Waals surface area contributed by atoms with E-state index in [1.54, 1.807) is 22.7 Å². The van der Waals surface area contributed by atoms with Crippen molar-refractivity contribution in [3.63, 3.8) is 0 Å². The van der Waals surface area contributed by atoms with E-state index in [4.69, 9.17) is 0 Å². The Morgan fingerprint density at radius 2 is 0.692 bits per heavy atom. The van der Waals surface area contributed by atoms with Crippen LogP contribution >= 0.6 is 22.7 Å². The summed E-state index contributed by atoms with van der Waals surface area (Å²) >= 11 is 3.60. The third kappa shape index (κ3) is 6.68. The fourth-order valence-electron chi connectivity index (χ4n) is 12.5. The van der Waals surface area contributed by atoms with E-state index < -0.39 is 0 Å². The van der Waals surface area contributed by atoms with Gasteiger partial charge in [0.25, 0.3) is 0 Å². The van der Waals surface area contributed by atoms with Crippen LogP contribution in [-0.4, -0.2) is 9.13 Å². The van der Waals surface area contributed by atoms with Crippen molar-refractivity contribution < 1.29 is 0 Å². The number of hydrogen-bond donors (Lipinski definition) is 0. The van der Waals surface area contributed by atoms with Gasteiger partial charge in [-0.2, -0.15) is 10.5 Å². The van der Waals surface area contributed by atoms with Crippen molar-refractivity contribution in [1.29, 1.82) is 10.5 Å². The minimum atomic E-state index is 0.426. The smallest absolute Gasteiger partial charge is 0.102 e. The molecule has 0 saturated heterocycles. The molecule has 4 nitrogen and oxygen atoms in total. The third-order valence-electron chi connectivity index (χ3n) is 16.4. The molecule has 0 radical (unpaired) electrons. The van der Waals surface area contributed by atoms with Gasteiger partial charge in [0, 0.05) is 63.6 Å². The van der Waals surface area contributed by atoms with Gasteiger partial charge in [-0.3, -0.25) is 0 Å². The number of aryl methyl sites for hydroxylation is 4. The van der Waals surface area contributed by atoms with Crippen LogP contribution in [0.2, 0.25) is 0 Å². The van der Waals surface area contributed by atoms with Crippen molar-refractivity contribution >= 4 is 107 Å². The highest BCUT2D eigenvalue weighted by Gasteiger charge is 2.33. The van der Waals surface area contributed by atoms with Crippen LogP contribution in [0.3, 0.4) is 0 Å². The Balaban J connectivity index is 1.25. The summed E-state index contributed by atoms with van der Waals surface area (Å²) < 4.78 is 9.52. The van der Waals surface area contributed by atoms with Gasteiger partial charge in [0.1, 0.15) is 12.1 Å². The van der Waals surface area contributed by atoms with Crippen LogP contribution in [0.25, 0.3) is 140 Å². The molecule has 6 heteroatoms. The topological polar surface area (TPSA) is 57.4 Å². The van der Waals surface area contributed by atoms with E-state index in [9.17, 15) is 10.5 Å². The highest BCUT2D eigenvalue weighted by Crippen LogP contribution is 2.53. The molecule has 4 aromatic heterocycles. The molecule has 0 N–H and O–H groups in total. The van der Waals surface area contributed by atoms with E-state index in [-0.39, 0.29) is 0 Å². The molecule has 78 heavy (non-hydrogen) atoms. The Kier molecular flexibility index (Phi) is 10.3. The Bertz CT molecular complexity index is 4910. The number of nitrogens with zero attached hydrogens (tertiary/aromatic N) is 4. The first-order chi connectivity index (χ1) is 38.3. The zero-order chi connectivity index (χ0) is 52.5. The predicted molar refractivity (Wildman–Crippen MR) is 331 cm³/mol. The Labute approximate surface area is 458 Å². The zero-order valence-corrected chi connectivity index (χ0v) is 44.9. The average Bonchev–Trinajstić information content (AvgIpc) is 4.41. The van der Waals surface area contributed by atoms with E-state index in [2.05, 4.69) is 249 Å². The Morgan fingerprint density at radius 1 is 0.321 bits per heavy atom. The molecule has 0 spiro atoms. The zero-order valence-electron chi connectivity index (χ0n) is 43.2. The number of fused-ring (bicyclic) bond motifs is 14. The number of aromatic nitrogens is 2. The molecule has 0 atom stereocenters. The normalized spacial score (nSPS) is 11.8. The highest BCUT2D eigenvalue weighted by molar-refractivity contribution is 7.27. The molecule has 366 valence electrons. The largest absolute Gasteiger partial charge is 0.306 e. The van der Waals surface area contributed by atoms with Crippen LogP contribution < -0.4 is 0 Å². The van der Waals surface area contributed by atoms with Crippen molar-refractivity contribution in [2.75, 3.05) is 0 Å². The quantitative estimate of drug-likeness (QED) is 0.167. The third-order valence-corrected chi connectivity index (χ3v) is 18.8. The van der Waals surface area contributed by atoms with E-state index in [0.29, 0.717) is 16.7 Å². The van der Waals surface area contributed by atoms with Gasteiger partial charge >= 0.3 is 0 Å². The van der Waals surface area contributed by atoms with Gasteiger partial charge in [-0.05, 0) is 132 Å². The van der Waals surface area contributed by atoms with Crippen LogP contribution in [0.1, 0.15) is 33.4 Å². The summed E-state index contributed by atoms with van der Waals surface area (Å²) in [7, 11) is 0. The van der Waals surface area contributed by atoms with Gasteiger partial charge in [0.2, 0.25) is 0 Å². The number of rotatable bonds is 6. The van der Waals surface area contributed by atoms with Crippen LogP contribution in [0.15, 0.2) is 206 Å². The highest BCUT2D eigenvalue weighted by atomic mass is 32.1. The molecule has 0 bridgehead atoms. The van der Waals surface area contributed by atoms with Crippen LogP contribution in [0.4, 0.5) is 0 Å². The summed E-state index contributed by atoms with van der Waals surface area (Å²) in [6, 6.07) is 79.7. The van der Waals surface area contributed by atoms with Crippen LogP contribution in [0.5, 0.6) is 0 Å². The second-order valence-electron chi connectivity index (χ2n) is 20.8. The van der Waals surface area contributed by atoms with Crippen molar-refractivity contribution in [3.8, 4) is 68.0 Å². The molecule has 0 aliphatic rings. The molecule has 0 aliphatic heterocycles. The summed E-state index contributed by atoms with van der Waals surface area (Å²) in [6.45, 7) is 8.75. The molecule has 0 fully saturated rings. The maximum absolute atomic E-state index is 12.5. The van der Waals surface area contributed by atoms with Crippen molar-refractivity contribution in [2.45, 2.75) is 27.7 Å². The van der Waals surface area contributed by atoms with Crippen LogP contribution in [-0.2, 0) is 0 Å². The number of nitriles is 2. The average molecular weight is 1030 g/mol. The molecule has 0 aliphatic carbocycles. The fraction of sp³-hybridized carbons (Fsp3) is 0.0556. The van der Waals surface area contributed by atoms with E-state index in [1.165, 1.54) is 31.3 Å².